The Morgan fingerprint density at radius 1 is 1.33 bits per heavy atom. The number of aromatic amines is 1. The van der Waals surface area contributed by atoms with E-state index in [2.05, 4.69) is 20.6 Å². The van der Waals surface area contributed by atoms with Gasteiger partial charge >= 0.3 is 0 Å². The second-order valence-electron chi connectivity index (χ2n) is 5.03. The number of H-pyrrole nitrogens is 1. The van der Waals surface area contributed by atoms with Gasteiger partial charge in [-0.2, -0.15) is 0 Å². The van der Waals surface area contributed by atoms with Gasteiger partial charge in [-0.15, -0.1) is 0 Å². The summed E-state index contributed by atoms with van der Waals surface area (Å²) in [7, 11) is 0. The van der Waals surface area contributed by atoms with Crippen LogP contribution in [0.3, 0.4) is 0 Å². The van der Waals surface area contributed by atoms with Crippen molar-refractivity contribution in [2.45, 2.75) is 19.4 Å². The Labute approximate surface area is 122 Å². The summed E-state index contributed by atoms with van der Waals surface area (Å²) in [5.74, 6) is 0.182. The highest BCUT2D eigenvalue weighted by atomic mass is 16.2. The molecule has 0 unspecified atom stereocenters. The third-order valence-corrected chi connectivity index (χ3v) is 3.50. The molecule has 2 heterocycles. The van der Waals surface area contributed by atoms with Gasteiger partial charge < -0.3 is 15.6 Å². The molecule has 1 atom stereocenters. The smallest absolute Gasteiger partial charge is 0.272 e. The highest BCUT2D eigenvalue weighted by Crippen LogP contribution is 2.17. The highest BCUT2D eigenvalue weighted by Gasteiger charge is 2.27. The predicted octanol–water partition coefficient (Wildman–Crippen LogP) is 1.00. The Balaban J connectivity index is 1.81. The first-order valence-electron chi connectivity index (χ1n) is 6.86. The number of nitrogens with zero attached hydrogens (tertiary/aromatic N) is 1. The summed E-state index contributed by atoms with van der Waals surface area (Å²) in [6.45, 7) is 2.39. The van der Waals surface area contributed by atoms with Gasteiger partial charge in [0.2, 0.25) is 5.91 Å². The Hall–Kier alpha value is -2.63. The number of amides is 2. The molecule has 21 heavy (non-hydrogen) atoms. The van der Waals surface area contributed by atoms with Gasteiger partial charge in [-0.05, 0) is 13.3 Å². The Morgan fingerprint density at radius 2 is 2.10 bits per heavy atom. The monoisotopic (exact) mass is 284 g/mol. The molecule has 1 aromatic heterocycles. The number of carbonyl (C=O) groups is 2. The lowest BCUT2D eigenvalue weighted by Crippen LogP contribution is -2.40. The van der Waals surface area contributed by atoms with Crippen molar-refractivity contribution in [1.82, 2.24) is 20.6 Å². The molecule has 6 nitrogen and oxygen atoms in total. The van der Waals surface area contributed by atoms with Crippen molar-refractivity contribution >= 4 is 11.8 Å². The molecule has 1 aromatic carbocycles. The largest absolute Gasteiger partial charge is 0.354 e. The fourth-order valence-corrected chi connectivity index (χ4v) is 2.37. The highest BCUT2D eigenvalue weighted by molar-refractivity contribution is 5.97. The lowest BCUT2D eigenvalue weighted by molar-refractivity contribution is -0.120. The normalized spacial score (nSPS) is 17.6. The molecule has 0 radical (unpaired) electrons. The minimum atomic E-state index is -0.464. The van der Waals surface area contributed by atoms with Crippen LogP contribution in [0.1, 0.15) is 22.6 Å². The molecule has 1 aliphatic heterocycles. The zero-order chi connectivity index (χ0) is 14.8. The molecule has 2 aromatic rings. The number of aryl methyl sites for hydroxylation is 1. The van der Waals surface area contributed by atoms with Gasteiger partial charge in [-0.1, -0.05) is 30.3 Å². The molecule has 0 bridgehead atoms. The molecule has 3 N–H and O–H groups in total. The van der Waals surface area contributed by atoms with E-state index in [1.807, 2.05) is 30.3 Å². The quantitative estimate of drug-likeness (QED) is 0.786. The topological polar surface area (TPSA) is 86.9 Å². The number of aromatic nitrogens is 2. The van der Waals surface area contributed by atoms with E-state index in [0.29, 0.717) is 30.2 Å². The molecule has 1 fully saturated rings. The molecular weight excluding hydrogens is 268 g/mol. The molecular formula is C15H16N4O2. The maximum Gasteiger partial charge on any atom is 0.272 e. The van der Waals surface area contributed by atoms with Gasteiger partial charge in [0.15, 0.2) is 0 Å². The minimum Gasteiger partial charge on any atom is -0.354 e. The van der Waals surface area contributed by atoms with Gasteiger partial charge in [0, 0.05) is 17.8 Å². The van der Waals surface area contributed by atoms with Crippen molar-refractivity contribution < 1.29 is 9.59 Å². The second-order valence-corrected chi connectivity index (χ2v) is 5.03. The van der Waals surface area contributed by atoms with Gasteiger partial charge in [0.05, 0.1) is 0 Å². The van der Waals surface area contributed by atoms with Crippen molar-refractivity contribution in [3.63, 3.8) is 0 Å². The van der Waals surface area contributed by atoms with Crippen LogP contribution in [0.4, 0.5) is 0 Å². The Morgan fingerprint density at radius 3 is 2.76 bits per heavy atom. The zero-order valence-corrected chi connectivity index (χ0v) is 11.6. The molecule has 2 amide bonds. The zero-order valence-electron chi connectivity index (χ0n) is 11.6. The molecule has 1 aliphatic rings. The fraction of sp³-hybridized carbons (Fsp3) is 0.267. The molecule has 0 spiro atoms. The predicted molar refractivity (Wildman–Crippen MR) is 77.6 cm³/mol. The average molecular weight is 284 g/mol. The number of benzene rings is 1. The summed E-state index contributed by atoms with van der Waals surface area (Å²) in [5, 5.41) is 5.41. The van der Waals surface area contributed by atoms with E-state index in [1.165, 1.54) is 0 Å². The lowest BCUT2D eigenvalue weighted by atomic mass is 10.2. The number of imidazole rings is 1. The third-order valence-electron chi connectivity index (χ3n) is 3.50. The first-order valence-corrected chi connectivity index (χ1v) is 6.86. The van der Waals surface area contributed by atoms with Crippen LogP contribution < -0.4 is 10.6 Å². The van der Waals surface area contributed by atoms with Crippen molar-refractivity contribution in [1.29, 1.82) is 0 Å². The summed E-state index contributed by atoms with van der Waals surface area (Å²) in [4.78, 5) is 31.2. The van der Waals surface area contributed by atoms with E-state index in [4.69, 9.17) is 0 Å². The maximum atomic E-state index is 12.2. The van der Waals surface area contributed by atoms with Crippen molar-refractivity contribution in [3.05, 3.63) is 41.7 Å². The number of rotatable bonds is 3. The summed E-state index contributed by atoms with van der Waals surface area (Å²) in [5.41, 5.74) is 1.93. The fourth-order valence-electron chi connectivity index (χ4n) is 2.37. The van der Waals surface area contributed by atoms with Gasteiger partial charge in [0.25, 0.3) is 5.91 Å². The molecule has 6 heteroatoms. The second kappa shape index (κ2) is 5.40. The summed E-state index contributed by atoms with van der Waals surface area (Å²) in [6, 6.07) is 9.13. The van der Waals surface area contributed by atoms with Crippen LogP contribution in [0.2, 0.25) is 0 Å². The van der Waals surface area contributed by atoms with E-state index in [9.17, 15) is 9.59 Å². The third kappa shape index (κ3) is 2.65. The first-order chi connectivity index (χ1) is 10.1. The standard InChI is InChI=1S/C15H16N4O2/c1-9-12(15(21)18-11-7-8-16-14(11)20)19-13(17-9)10-5-3-2-4-6-10/h2-6,11H,7-8H2,1H3,(H,16,20)(H,17,19)(H,18,21)/t11-/m0/s1. The average Bonchev–Trinajstić information content (AvgIpc) is 3.06. The van der Waals surface area contributed by atoms with E-state index >= 15 is 0 Å². The number of hydrogen-bond acceptors (Lipinski definition) is 3. The van der Waals surface area contributed by atoms with Crippen LogP contribution >= 0.6 is 0 Å². The SMILES string of the molecule is Cc1[nH]c(-c2ccccc2)nc1C(=O)N[C@H]1CCNC1=O. The molecule has 3 rings (SSSR count). The first kappa shape index (κ1) is 13.4. The van der Waals surface area contributed by atoms with Gasteiger partial charge in [-0.3, -0.25) is 9.59 Å². The molecule has 108 valence electrons. The molecule has 0 aliphatic carbocycles. The molecule has 1 saturated heterocycles. The van der Waals surface area contributed by atoms with Gasteiger partial charge in [0.1, 0.15) is 17.6 Å². The van der Waals surface area contributed by atoms with E-state index in [-0.39, 0.29) is 11.8 Å². The van der Waals surface area contributed by atoms with Crippen LogP contribution in [0.15, 0.2) is 30.3 Å². The molecule has 0 saturated carbocycles. The van der Waals surface area contributed by atoms with Crippen molar-refractivity contribution in [2.24, 2.45) is 0 Å². The minimum absolute atomic E-state index is 0.139. The summed E-state index contributed by atoms with van der Waals surface area (Å²) < 4.78 is 0. The number of carbonyl (C=O) groups excluding carboxylic acids is 2. The summed E-state index contributed by atoms with van der Waals surface area (Å²) >= 11 is 0. The Kier molecular flexibility index (Phi) is 3.43. The van der Waals surface area contributed by atoms with Crippen LogP contribution in [-0.4, -0.2) is 34.4 Å². The number of hydrogen-bond donors (Lipinski definition) is 3. The van der Waals surface area contributed by atoms with Crippen molar-refractivity contribution in [2.75, 3.05) is 6.54 Å². The van der Waals surface area contributed by atoms with E-state index in [0.717, 1.165) is 5.56 Å². The van der Waals surface area contributed by atoms with Crippen LogP contribution in [0, 0.1) is 6.92 Å². The van der Waals surface area contributed by atoms with Gasteiger partial charge in [-0.25, -0.2) is 4.98 Å². The van der Waals surface area contributed by atoms with Crippen molar-refractivity contribution in [3.8, 4) is 11.4 Å². The van der Waals surface area contributed by atoms with Crippen LogP contribution in [0.5, 0.6) is 0 Å². The Bertz CT molecular complexity index is 678. The lowest BCUT2D eigenvalue weighted by Gasteiger charge is -2.08. The summed E-state index contributed by atoms with van der Waals surface area (Å²) in [6.07, 6.45) is 0.611. The van der Waals surface area contributed by atoms with E-state index < -0.39 is 6.04 Å². The number of nitrogens with one attached hydrogen (secondary N) is 3. The van der Waals surface area contributed by atoms with E-state index in [1.54, 1.807) is 6.92 Å². The maximum absolute atomic E-state index is 12.2. The van der Waals surface area contributed by atoms with Crippen LogP contribution in [0.25, 0.3) is 11.4 Å². The van der Waals surface area contributed by atoms with Crippen LogP contribution in [-0.2, 0) is 4.79 Å².